The molecular formula is C27H36N4O. The Kier molecular flexibility index (Phi) is 6.77. The first-order chi connectivity index (χ1) is 15.3. The van der Waals surface area contributed by atoms with Crippen molar-refractivity contribution in [3.8, 4) is 0 Å². The van der Waals surface area contributed by atoms with Gasteiger partial charge >= 0.3 is 0 Å². The molecule has 1 aliphatic rings. The molecule has 0 bridgehead atoms. The van der Waals surface area contributed by atoms with Crippen LogP contribution in [0.4, 0.5) is 0 Å². The number of morpholine rings is 1. The fraction of sp³-hybridized carbons (Fsp3) is 0.481. The average molecular weight is 433 g/mol. The van der Waals surface area contributed by atoms with Gasteiger partial charge in [-0.1, -0.05) is 29.8 Å². The molecule has 3 aromatic rings. The molecule has 5 nitrogen and oxygen atoms in total. The van der Waals surface area contributed by atoms with Gasteiger partial charge in [-0.05, 0) is 71.2 Å². The van der Waals surface area contributed by atoms with Gasteiger partial charge in [0.1, 0.15) is 6.10 Å². The van der Waals surface area contributed by atoms with Crippen molar-refractivity contribution in [1.82, 2.24) is 19.7 Å². The molecule has 170 valence electrons. The van der Waals surface area contributed by atoms with E-state index in [1.54, 1.807) is 0 Å². The number of ether oxygens (including phenoxy) is 1. The van der Waals surface area contributed by atoms with Crippen molar-refractivity contribution in [2.75, 3.05) is 19.7 Å². The van der Waals surface area contributed by atoms with Crippen LogP contribution in [0.15, 0.2) is 36.4 Å². The van der Waals surface area contributed by atoms with Gasteiger partial charge in [-0.2, -0.15) is 5.10 Å². The maximum absolute atomic E-state index is 6.19. The molecule has 4 rings (SSSR count). The summed E-state index contributed by atoms with van der Waals surface area (Å²) in [6.45, 7) is 16.3. The molecule has 0 spiro atoms. The van der Waals surface area contributed by atoms with Gasteiger partial charge in [0.05, 0.1) is 18.0 Å². The molecule has 1 saturated heterocycles. The second-order valence-corrected chi connectivity index (χ2v) is 9.49. The minimum atomic E-state index is 0.00109. The van der Waals surface area contributed by atoms with Crippen molar-refractivity contribution < 1.29 is 4.74 Å². The summed E-state index contributed by atoms with van der Waals surface area (Å²) < 4.78 is 8.33. The van der Waals surface area contributed by atoms with Crippen LogP contribution < -0.4 is 0 Å². The Labute approximate surface area is 192 Å². The average Bonchev–Trinajstić information content (AvgIpc) is 3.04. The van der Waals surface area contributed by atoms with Gasteiger partial charge in [-0.25, -0.2) is 0 Å². The quantitative estimate of drug-likeness (QED) is 0.533. The molecule has 1 atom stereocenters. The molecule has 1 fully saturated rings. The lowest BCUT2D eigenvalue weighted by Crippen LogP contribution is -2.38. The van der Waals surface area contributed by atoms with Crippen molar-refractivity contribution in [1.29, 1.82) is 0 Å². The number of aryl methyl sites for hydroxylation is 3. The highest BCUT2D eigenvalue weighted by Gasteiger charge is 2.25. The lowest BCUT2D eigenvalue weighted by atomic mass is 10.0. The summed E-state index contributed by atoms with van der Waals surface area (Å²) in [6, 6.07) is 13.6. The SMILES string of the molecule is Cc1ccc(Cc2cc(C)nc([C@H]3CN(Cc4c(C)nn(C(C)C)c4C)CCO3)c2)cc1. The zero-order valence-corrected chi connectivity index (χ0v) is 20.4. The molecule has 0 unspecified atom stereocenters. The van der Waals surface area contributed by atoms with Gasteiger partial charge in [-0.15, -0.1) is 0 Å². The van der Waals surface area contributed by atoms with E-state index < -0.39 is 0 Å². The summed E-state index contributed by atoms with van der Waals surface area (Å²) in [5.41, 5.74) is 9.76. The summed E-state index contributed by atoms with van der Waals surface area (Å²) in [4.78, 5) is 7.33. The van der Waals surface area contributed by atoms with Gasteiger partial charge in [0.25, 0.3) is 0 Å². The first kappa shape index (κ1) is 22.7. The molecular weight excluding hydrogens is 396 g/mol. The highest BCUT2D eigenvalue weighted by molar-refractivity contribution is 5.31. The largest absolute Gasteiger partial charge is 0.369 e. The van der Waals surface area contributed by atoms with Crippen molar-refractivity contribution in [3.05, 3.63) is 81.4 Å². The van der Waals surface area contributed by atoms with Crippen molar-refractivity contribution in [2.45, 2.75) is 66.7 Å². The Morgan fingerprint density at radius 3 is 2.47 bits per heavy atom. The number of benzene rings is 1. The molecule has 5 heteroatoms. The molecule has 0 N–H and O–H groups in total. The first-order valence-electron chi connectivity index (χ1n) is 11.7. The number of rotatable bonds is 6. The number of hydrogen-bond donors (Lipinski definition) is 0. The third-order valence-electron chi connectivity index (χ3n) is 6.39. The molecule has 0 radical (unpaired) electrons. The molecule has 2 aromatic heterocycles. The Hall–Kier alpha value is -2.50. The van der Waals surface area contributed by atoms with Crippen LogP contribution in [0.1, 0.15) is 71.0 Å². The normalized spacial score (nSPS) is 17.3. The van der Waals surface area contributed by atoms with E-state index in [-0.39, 0.29) is 6.10 Å². The van der Waals surface area contributed by atoms with Crippen molar-refractivity contribution in [2.24, 2.45) is 0 Å². The smallest absolute Gasteiger partial charge is 0.112 e. The van der Waals surface area contributed by atoms with E-state index in [1.165, 1.54) is 27.9 Å². The summed E-state index contributed by atoms with van der Waals surface area (Å²) in [7, 11) is 0. The molecule has 3 heterocycles. The summed E-state index contributed by atoms with van der Waals surface area (Å²) in [5.74, 6) is 0. The van der Waals surface area contributed by atoms with Crippen LogP contribution in [0.3, 0.4) is 0 Å². The van der Waals surface area contributed by atoms with Crippen LogP contribution in [0, 0.1) is 27.7 Å². The maximum Gasteiger partial charge on any atom is 0.112 e. The van der Waals surface area contributed by atoms with Crippen molar-refractivity contribution in [3.63, 3.8) is 0 Å². The van der Waals surface area contributed by atoms with Gasteiger partial charge in [-0.3, -0.25) is 14.6 Å². The highest BCUT2D eigenvalue weighted by atomic mass is 16.5. The van der Waals surface area contributed by atoms with E-state index in [4.69, 9.17) is 14.8 Å². The molecule has 0 saturated carbocycles. The van der Waals surface area contributed by atoms with Gasteiger partial charge in [0.15, 0.2) is 0 Å². The van der Waals surface area contributed by atoms with Crippen LogP contribution in [0.25, 0.3) is 0 Å². The third kappa shape index (κ3) is 5.11. The number of aromatic nitrogens is 3. The summed E-state index contributed by atoms with van der Waals surface area (Å²) in [6.07, 6.45) is 0.918. The van der Waals surface area contributed by atoms with Crippen LogP contribution in [0.2, 0.25) is 0 Å². The summed E-state index contributed by atoms with van der Waals surface area (Å²) in [5, 5.41) is 4.77. The Bertz CT molecular complexity index is 1070. The second-order valence-electron chi connectivity index (χ2n) is 9.49. The van der Waals surface area contributed by atoms with Crippen molar-refractivity contribution >= 4 is 0 Å². The zero-order valence-electron chi connectivity index (χ0n) is 20.4. The number of nitrogens with zero attached hydrogens (tertiary/aromatic N) is 4. The maximum atomic E-state index is 6.19. The predicted molar refractivity (Wildman–Crippen MR) is 129 cm³/mol. The lowest BCUT2D eigenvalue weighted by Gasteiger charge is -2.33. The standard InChI is InChI=1S/C27H36N4O/c1-18(2)31-22(6)25(21(5)29-31)16-30-11-12-32-27(17-30)26-15-24(13-20(4)28-26)14-23-9-7-19(3)8-10-23/h7-10,13,15,18,27H,11-12,14,16-17H2,1-6H3/t27-/m1/s1. The Balaban J connectivity index is 1.50. The monoisotopic (exact) mass is 432 g/mol. The third-order valence-corrected chi connectivity index (χ3v) is 6.39. The van der Waals surface area contributed by atoms with Crippen LogP contribution in [0.5, 0.6) is 0 Å². The second kappa shape index (κ2) is 9.55. The van der Waals surface area contributed by atoms with E-state index >= 15 is 0 Å². The van der Waals surface area contributed by atoms with Gasteiger partial charge in [0, 0.05) is 42.6 Å². The molecule has 0 aliphatic carbocycles. The molecule has 0 amide bonds. The van der Waals surface area contributed by atoms with Crippen LogP contribution in [-0.2, 0) is 17.7 Å². The number of pyridine rings is 1. The number of hydrogen-bond acceptors (Lipinski definition) is 4. The minimum Gasteiger partial charge on any atom is -0.369 e. The molecule has 1 aromatic carbocycles. The fourth-order valence-corrected chi connectivity index (χ4v) is 4.65. The van der Waals surface area contributed by atoms with E-state index in [9.17, 15) is 0 Å². The van der Waals surface area contributed by atoms with Crippen LogP contribution >= 0.6 is 0 Å². The zero-order chi connectivity index (χ0) is 22.8. The van der Waals surface area contributed by atoms with E-state index in [0.29, 0.717) is 6.04 Å². The van der Waals surface area contributed by atoms with E-state index in [0.717, 1.165) is 49.7 Å². The summed E-state index contributed by atoms with van der Waals surface area (Å²) >= 11 is 0. The van der Waals surface area contributed by atoms with Gasteiger partial charge in [0.2, 0.25) is 0 Å². The Morgan fingerprint density at radius 2 is 1.78 bits per heavy atom. The molecule has 32 heavy (non-hydrogen) atoms. The fourth-order valence-electron chi connectivity index (χ4n) is 4.65. The van der Waals surface area contributed by atoms with Crippen LogP contribution in [-0.4, -0.2) is 39.4 Å². The van der Waals surface area contributed by atoms with E-state index in [2.05, 4.69) is 87.5 Å². The van der Waals surface area contributed by atoms with Gasteiger partial charge < -0.3 is 4.74 Å². The minimum absolute atomic E-state index is 0.00109. The topological polar surface area (TPSA) is 43.2 Å². The highest BCUT2D eigenvalue weighted by Crippen LogP contribution is 2.26. The first-order valence-corrected chi connectivity index (χ1v) is 11.7. The molecule has 1 aliphatic heterocycles. The Morgan fingerprint density at radius 1 is 1.03 bits per heavy atom. The predicted octanol–water partition coefficient (Wildman–Crippen LogP) is 5.26. The van der Waals surface area contributed by atoms with E-state index in [1.807, 2.05) is 0 Å². The lowest BCUT2D eigenvalue weighted by molar-refractivity contribution is -0.0352.